The Morgan fingerprint density at radius 3 is 2.71 bits per heavy atom. The van der Waals surface area contributed by atoms with Crippen molar-refractivity contribution in [1.29, 1.82) is 0 Å². The normalized spacial score (nSPS) is 12.8. The number of aromatic amines is 1. The Labute approximate surface area is 102 Å². The van der Waals surface area contributed by atoms with E-state index in [2.05, 4.69) is 15.5 Å². The number of H-pyrrole nitrogens is 1. The quantitative estimate of drug-likeness (QED) is 0.686. The molecule has 4 N–H and O–H groups in total. The SMILES string of the molecule is CCc1[nH]nc(C(=O)NCC(C)N(C)C)c1N. The Morgan fingerprint density at radius 2 is 2.24 bits per heavy atom. The summed E-state index contributed by atoms with van der Waals surface area (Å²) in [6, 6.07) is 0.268. The molecule has 0 aliphatic rings. The van der Waals surface area contributed by atoms with Gasteiger partial charge in [0.15, 0.2) is 5.69 Å². The topological polar surface area (TPSA) is 87.0 Å². The van der Waals surface area contributed by atoms with Gasteiger partial charge < -0.3 is 16.0 Å². The van der Waals surface area contributed by atoms with E-state index in [9.17, 15) is 4.79 Å². The molecule has 0 aliphatic heterocycles. The summed E-state index contributed by atoms with van der Waals surface area (Å²) < 4.78 is 0. The molecule has 0 spiro atoms. The molecule has 0 bridgehead atoms. The third kappa shape index (κ3) is 3.20. The number of nitrogens with zero attached hydrogens (tertiary/aromatic N) is 2. The molecule has 0 aliphatic carbocycles. The fraction of sp³-hybridized carbons (Fsp3) is 0.636. The summed E-state index contributed by atoms with van der Waals surface area (Å²) in [5.74, 6) is -0.229. The van der Waals surface area contributed by atoms with Gasteiger partial charge in [0, 0.05) is 12.6 Å². The average Bonchev–Trinajstić information content (AvgIpc) is 2.66. The fourth-order valence-electron chi connectivity index (χ4n) is 1.34. The lowest BCUT2D eigenvalue weighted by atomic mass is 10.2. The van der Waals surface area contributed by atoms with E-state index in [1.807, 2.05) is 32.8 Å². The van der Waals surface area contributed by atoms with Crippen molar-refractivity contribution in [2.45, 2.75) is 26.3 Å². The van der Waals surface area contributed by atoms with Crippen LogP contribution in [0.5, 0.6) is 0 Å². The highest BCUT2D eigenvalue weighted by molar-refractivity contribution is 5.97. The van der Waals surface area contributed by atoms with Gasteiger partial charge >= 0.3 is 0 Å². The van der Waals surface area contributed by atoms with Gasteiger partial charge in [-0.3, -0.25) is 9.89 Å². The largest absolute Gasteiger partial charge is 0.395 e. The molecule has 1 rings (SSSR count). The summed E-state index contributed by atoms with van der Waals surface area (Å²) >= 11 is 0. The number of aryl methyl sites for hydroxylation is 1. The molecule has 96 valence electrons. The van der Waals surface area contributed by atoms with Crippen LogP contribution in [-0.4, -0.2) is 47.7 Å². The van der Waals surface area contributed by atoms with Gasteiger partial charge in [-0.2, -0.15) is 5.10 Å². The van der Waals surface area contributed by atoms with Crippen LogP contribution in [0.25, 0.3) is 0 Å². The molecule has 0 fully saturated rings. The molecule has 0 saturated carbocycles. The highest BCUT2D eigenvalue weighted by atomic mass is 16.1. The van der Waals surface area contributed by atoms with Crippen LogP contribution in [0, 0.1) is 0 Å². The first kappa shape index (κ1) is 13.5. The second-order valence-electron chi connectivity index (χ2n) is 4.34. The number of anilines is 1. The number of carbonyl (C=O) groups excluding carboxylic acids is 1. The van der Waals surface area contributed by atoms with Crippen molar-refractivity contribution in [2.24, 2.45) is 0 Å². The molecule has 1 heterocycles. The van der Waals surface area contributed by atoms with Crippen LogP contribution in [0.2, 0.25) is 0 Å². The minimum Gasteiger partial charge on any atom is -0.395 e. The molecule has 6 heteroatoms. The molecule has 1 aromatic rings. The van der Waals surface area contributed by atoms with Crippen molar-refractivity contribution in [3.05, 3.63) is 11.4 Å². The number of nitrogen functional groups attached to an aromatic ring is 1. The number of nitrogens with one attached hydrogen (secondary N) is 2. The van der Waals surface area contributed by atoms with Gasteiger partial charge in [-0.1, -0.05) is 6.92 Å². The van der Waals surface area contributed by atoms with Gasteiger partial charge in [-0.05, 0) is 27.4 Å². The second kappa shape index (κ2) is 5.67. The number of likely N-dealkylation sites (N-methyl/N-ethyl adjacent to an activating group) is 1. The third-order valence-electron chi connectivity index (χ3n) is 2.89. The van der Waals surface area contributed by atoms with E-state index in [0.29, 0.717) is 12.2 Å². The number of rotatable bonds is 5. The summed E-state index contributed by atoms with van der Waals surface area (Å²) in [4.78, 5) is 13.9. The van der Waals surface area contributed by atoms with Crippen LogP contribution in [0.1, 0.15) is 30.0 Å². The minimum atomic E-state index is -0.229. The Bertz CT molecular complexity index is 385. The van der Waals surface area contributed by atoms with Gasteiger partial charge in [0.1, 0.15) is 0 Å². The molecule has 0 aromatic carbocycles. The van der Waals surface area contributed by atoms with Gasteiger partial charge in [0.05, 0.1) is 11.4 Å². The zero-order valence-electron chi connectivity index (χ0n) is 10.9. The lowest BCUT2D eigenvalue weighted by molar-refractivity contribution is 0.0939. The summed E-state index contributed by atoms with van der Waals surface area (Å²) in [6.45, 7) is 4.56. The highest BCUT2D eigenvalue weighted by Gasteiger charge is 2.16. The maximum absolute atomic E-state index is 11.8. The van der Waals surface area contributed by atoms with Crippen molar-refractivity contribution in [3.8, 4) is 0 Å². The van der Waals surface area contributed by atoms with Crippen molar-refractivity contribution in [3.63, 3.8) is 0 Å². The molecule has 1 atom stereocenters. The zero-order valence-corrected chi connectivity index (χ0v) is 10.9. The highest BCUT2D eigenvalue weighted by Crippen LogP contribution is 2.13. The van der Waals surface area contributed by atoms with E-state index in [4.69, 9.17) is 5.73 Å². The smallest absolute Gasteiger partial charge is 0.273 e. The van der Waals surface area contributed by atoms with E-state index < -0.39 is 0 Å². The van der Waals surface area contributed by atoms with Gasteiger partial charge in [0.2, 0.25) is 0 Å². The van der Waals surface area contributed by atoms with Crippen molar-refractivity contribution in [1.82, 2.24) is 20.4 Å². The number of nitrogens with two attached hydrogens (primary N) is 1. The first-order valence-corrected chi connectivity index (χ1v) is 5.74. The number of hydrogen-bond acceptors (Lipinski definition) is 4. The lowest BCUT2D eigenvalue weighted by Crippen LogP contribution is -2.38. The van der Waals surface area contributed by atoms with Gasteiger partial charge in [0.25, 0.3) is 5.91 Å². The first-order chi connectivity index (χ1) is 7.97. The van der Waals surface area contributed by atoms with Gasteiger partial charge in [-0.25, -0.2) is 0 Å². The average molecular weight is 239 g/mol. The number of amides is 1. The summed E-state index contributed by atoms with van der Waals surface area (Å²) in [6.07, 6.45) is 0.736. The third-order valence-corrected chi connectivity index (χ3v) is 2.89. The molecule has 0 radical (unpaired) electrons. The Hall–Kier alpha value is -1.56. The Kier molecular flexibility index (Phi) is 4.51. The van der Waals surface area contributed by atoms with Crippen molar-refractivity contribution < 1.29 is 4.79 Å². The summed E-state index contributed by atoms with van der Waals surface area (Å²) in [5.41, 5.74) is 7.35. The molecule has 1 aromatic heterocycles. The van der Waals surface area contributed by atoms with Crippen LogP contribution >= 0.6 is 0 Å². The second-order valence-corrected chi connectivity index (χ2v) is 4.34. The minimum absolute atomic E-state index is 0.229. The monoisotopic (exact) mass is 239 g/mol. The van der Waals surface area contributed by atoms with E-state index in [1.165, 1.54) is 0 Å². The van der Waals surface area contributed by atoms with Crippen molar-refractivity contribution in [2.75, 3.05) is 26.4 Å². The molecule has 0 saturated heterocycles. The predicted octanol–water partition coefficient (Wildman–Crippen LogP) is 0.234. The first-order valence-electron chi connectivity index (χ1n) is 5.74. The van der Waals surface area contributed by atoms with E-state index in [-0.39, 0.29) is 17.6 Å². The zero-order chi connectivity index (χ0) is 13.0. The van der Waals surface area contributed by atoms with Crippen molar-refractivity contribution >= 4 is 11.6 Å². The van der Waals surface area contributed by atoms with Crippen LogP contribution < -0.4 is 11.1 Å². The predicted molar refractivity (Wildman–Crippen MR) is 67.9 cm³/mol. The van der Waals surface area contributed by atoms with E-state index in [0.717, 1.165) is 12.1 Å². The Balaban J connectivity index is 2.61. The van der Waals surface area contributed by atoms with E-state index >= 15 is 0 Å². The number of hydrogen-bond donors (Lipinski definition) is 3. The molecule has 6 nitrogen and oxygen atoms in total. The van der Waals surface area contributed by atoms with Crippen LogP contribution in [0.3, 0.4) is 0 Å². The molecular formula is C11H21N5O. The van der Waals surface area contributed by atoms with E-state index in [1.54, 1.807) is 0 Å². The maximum Gasteiger partial charge on any atom is 0.273 e. The summed E-state index contributed by atoms with van der Waals surface area (Å²) in [5, 5.41) is 9.52. The van der Waals surface area contributed by atoms with Crippen LogP contribution in [0.15, 0.2) is 0 Å². The summed E-state index contributed by atoms with van der Waals surface area (Å²) in [7, 11) is 3.93. The van der Waals surface area contributed by atoms with Crippen LogP contribution in [-0.2, 0) is 6.42 Å². The number of carbonyl (C=O) groups is 1. The standard InChI is InChI=1S/C11H21N5O/c1-5-8-9(12)10(15-14-8)11(17)13-6-7(2)16(3)4/h7H,5-6,12H2,1-4H3,(H,13,17)(H,14,15). The molecule has 1 amide bonds. The van der Waals surface area contributed by atoms with Gasteiger partial charge in [-0.15, -0.1) is 0 Å². The molecule has 1 unspecified atom stereocenters. The number of aromatic nitrogens is 2. The molecular weight excluding hydrogens is 218 g/mol. The Morgan fingerprint density at radius 1 is 1.59 bits per heavy atom. The maximum atomic E-state index is 11.8. The molecule has 17 heavy (non-hydrogen) atoms. The fourth-order valence-corrected chi connectivity index (χ4v) is 1.34. The lowest BCUT2D eigenvalue weighted by Gasteiger charge is -2.19. The van der Waals surface area contributed by atoms with Crippen LogP contribution in [0.4, 0.5) is 5.69 Å².